The van der Waals surface area contributed by atoms with Gasteiger partial charge in [0, 0.05) is 17.5 Å². The molecule has 0 heterocycles. The first-order valence-corrected chi connectivity index (χ1v) is 9.45. The van der Waals surface area contributed by atoms with Crippen molar-refractivity contribution in [1.29, 1.82) is 0 Å². The second-order valence-corrected chi connectivity index (χ2v) is 6.82. The van der Waals surface area contributed by atoms with Crippen molar-refractivity contribution in [3.63, 3.8) is 0 Å². The summed E-state index contributed by atoms with van der Waals surface area (Å²) in [6.07, 6.45) is 0. The summed E-state index contributed by atoms with van der Waals surface area (Å²) < 4.78 is 9.88. The Hall–Kier alpha value is -3.07. The number of carbonyl (C=O) groups is 2. The Morgan fingerprint density at radius 2 is 1.89 bits per heavy atom. The third-order valence-corrected chi connectivity index (χ3v) is 4.61. The fourth-order valence-corrected chi connectivity index (χ4v) is 3.01. The van der Waals surface area contributed by atoms with Gasteiger partial charge in [0.05, 0.1) is 17.8 Å². The number of nitrogens with one attached hydrogen (secondary N) is 1. The minimum Gasteiger partial charge on any atom is -0.490 e. The lowest BCUT2D eigenvalue weighted by Crippen LogP contribution is -2.21. The van der Waals surface area contributed by atoms with Gasteiger partial charge in [0.25, 0.3) is 5.91 Å². The number of hydrogen-bond acceptors (Lipinski definition) is 7. The summed E-state index contributed by atoms with van der Waals surface area (Å²) in [4.78, 5) is 34.0. The number of ether oxygens (including phenoxy) is 2. The molecule has 0 bridgehead atoms. The molecule has 0 saturated carbocycles. The lowest BCUT2D eigenvalue weighted by molar-refractivity contribution is -0.385. The summed E-state index contributed by atoms with van der Waals surface area (Å²) in [5.41, 5.74) is 2.25. The first kappa shape index (κ1) is 21.2. The highest BCUT2D eigenvalue weighted by atomic mass is 32.2. The molecule has 0 saturated heterocycles. The highest BCUT2D eigenvalue weighted by Crippen LogP contribution is 2.28. The quantitative estimate of drug-likeness (QED) is 0.388. The number of rotatable bonds is 9. The average Bonchev–Trinajstić information content (AvgIpc) is 2.68. The van der Waals surface area contributed by atoms with E-state index in [1.807, 2.05) is 19.1 Å². The summed E-state index contributed by atoms with van der Waals surface area (Å²) in [6.45, 7) is 1.57. The number of nitro groups is 1. The fraction of sp³-hybridized carbons (Fsp3) is 0.263. The molecule has 0 atom stereocenters. The number of aryl methyl sites for hydroxylation is 1. The Morgan fingerprint density at radius 3 is 2.54 bits per heavy atom. The maximum atomic E-state index is 11.8. The van der Waals surface area contributed by atoms with Crippen LogP contribution in [0.4, 0.5) is 11.4 Å². The smallest absolute Gasteiger partial charge is 0.316 e. The largest absolute Gasteiger partial charge is 0.490 e. The SMILES string of the molecule is COc1ccc(CSCC(=O)OCC(=O)Nc2ccc(C)cc2)cc1[N+](=O)[O-]. The lowest BCUT2D eigenvalue weighted by atomic mass is 10.2. The third-order valence-electron chi connectivity index (χ3n) is 3.63. The third kappa shape index (κ3) is 6.58. The number of esters is 1. The van der Waals surface area contributed by atoms with E-state index in [2.05, 4.69) is 5.32 Å². The van der Waals surface area contributed by atoms with Gasteiger partial charge in [-0.1, -0.05) is 23.8 Å². The molecule has 0 spiro atoms. The Bertz CT molecular complexity index is 854. The summed E-state index contributed by atoms with van der Waals surface area (Å²) in [6, 6.07) is 11.9. The Kier molecular flexibility index (Phi) is 7.82. The van der Waals surface area contributed by atoms with Gasteiger partial charge in [-0.05, 0) is 30.7 Å². The summed E-state index contributed by atoms with van der Waals surface area (Å²) in [5, 5.41) is 13.7. The maximum absolute atomic E-state index is 11.8. The molecule has 0 aliphatic heterocycles. The van der Waals surface area contributed by atoms with Crippen molar-refractivity contribution in [2.75, 3.05) is 24.8 Å². The van der Waals surface area contributed by atoms with E-state index in [9.17, 15) is 19.7 Å². The van der Waals surface area contributed by atoms with E-state index in [0.29, 0.717) is 17.0 Å². The number of benzene rings is 2. The van der Waals surface area contributed by atoms with Crippen molar-refractivity contribution >= 4 is 35.0 Å². The van der Waals surface area contributed by atoms with Crippen LogP contribution in [-0.2, 0) is 20.1 Å². The minimum atomic E-state index is -0.535. The summed E-state index contributed by atoms with van der Waals surface area (Å²) >= 11 is 1.24. The van der Waals surface area contributed by atoms with E-state index in [-0.39, 0.29) is 23.8 Å². The van der Waals surface area contributed by atoms with Crippen molar-refractivity contribution < 1.29 is 24.0 Å². The molecule has 0 aromatic heterocycles. The van der Waals surface area contributed by atoms with Crippen molar-refractivity contribution in [2.45, 2.75) is 12.7 Å². The highest BCUT2D eigenvalue weighted by molar-refractivity contribution is 7.99. The highest BCUT2D eigenvalue weighted by Gasteiger charge is 2.15. The molecular weight excluding hydrogens is 384 g/mol. The number of methoxy groups -OCH3 is 1. The average molecular weight is 404 g/mol. The molecule has 1 amide bonds. The van der Waals surface area contributed by atoms with Crippen LogP contribution < -0.4 is 10.1 Å². The molecule has 1 N–H and O–H groups in total. The van der Waals surface area contributed by atoms with Gasteiger partial charge in [-0.25, -0.2) is 0 Å². The molecule has 8 nitrogen and oxygen atoms in total. The van der Waals surface area contributed by atoms with Crippen LogP contribution in [0.2, 0.25) is 0 Å². The molecular formula is C19H20N2O6S. The van der Waals surface area contributed by atoms with Gasteiger partial charge in [0.15, 0.2) is 12.4 Å². The second-order valence-electron chi connectivity index (χ2n) is 5.83. The molecule has 2 rings (SSSR count). The van der Waals surface area contributed by atoms with Gasteiger partial charge in [-0.15, -0.1) is 11.8 Å². The van der Waals surface area contributed by atoms with Crippen LogP contribution in [-0.4, -0.2) is 36.3 Å². The van der Waals surface area contributed by atoms with E-state index >= 15 is 0 Å². The van der Waals surface area contributed by atoms with E-state index in [4.69, 9.17) is 9.47 Å². The Labute approximate surface area is 166 Å². The number of carbonyl (C=O) groups excluding carboxylic acids is 2. The van der Waals surface area contributed by atoms with Gasteiger partial charge in [-0.3, -0.25) is 19.7 Å². The fourth-order valence-electron chi connectivity index (χ4n) is 2.24. The van der Waals surface area contributed by atoms with Crippen LogP contribution in [0.3, 0.4) is 0 Å². The van der Waals surface area contributed by atoms with Crippen LogP contribution in [0.25, 0.3) is 0 Å². The van der Waals surface area contributed by atoms with Gasteiger partial charge in [0.2, 0.25) is 0 Å². The topological polar surface area (TPSA) is 108 Å². The maximum Gasteiger partial charge on any atom is 0.316 e. The van der Waals surface area contributed by atoms with Crippen molar-refractivity contribution in [2.24, 2.45) is 0 Å². The van der Waals surface area contributed by atoms with E-state index in [0.717, 1.165) is 5.56 Å². The van der Waals surface area contributed by atoms with Crippen LogP contribution >= 0.6 is 11.8 Å². The summed E-state index contributed by atoms with van der Waals surface area (Å²) in [7, 11) is 1.36. The van der Waals surface area contributed by atoms with Crippen LogP contribution in [0, 0.1) is 17.0 Å². The predicted molar refractivity (Wildman–Crippen MR) is 107 cm³/mol. The van der Waals surface area contributed by atoms with Crippen LogP contribution in [0.15, 0.2) is 42.5 Å². The molecule has 2 aromatic carbocycles. The molecule has 0 aliphatic rings. The first-order chi connectivity index (χ1) is 13.4. The number of amides is 1. The van der Waals surface area contributed by atoms with E-state index < -0.39 is 16.8 Å². The molecule has 148 valence electrons. The van der Waals surface area contributed by atoms with Gasteiger partial charge in [-0.2, -0.15) is 0 Å². The monoisotopic (exact) mass is 404 g/mol. The number of hydrogen-bond donors (Lipinski definition) is 1. The van der Waals surface area contributed by atoms with Crippen LogP contribution in [0.5, 0.6) is 5.75 Å². The second kappa shape index (κ2) is 10.3. The molecule has 2 aromatic rings. The number of anilines is 1. The lowest BCUT2D eigenvalue weighted by Gasteiger charge is -2.07. The normalized spacial score (nSPS) is 10.2. The zero-order valence-corrected chi connectivity index (χ0v) is 16.3. The standard InChI is InChI=1S/C19H20N2O6S/c1-13-3-6-15(7-4-13)20-18(22)10-27-19(23)12-28-11-14-5-8-17(26-2)16(9-14)21(24)25/h3-9H,10-12H2,1-2H3,(H,20,22). The van der Waals surface area contributed by atoms with E-state index in [1.165, 1.54) is 31.0 Å². The molecule has 0 unspecified atom stereocenters. The Balaban J connectivity index is 1.74. The first-order valence-electron chi connectivity index (χ1n) is 8.30. The molecule has 28 heavy (non-hydrogen) atoms. The van der Waals surface area contributed by atoms with Gasteiger partial charge >= 0.3 is 11.7 Å². The van der Waals surface area contributed by atoms with E-state index in [1.54, 1.807) is 18.2 Å². The van der Waals surface area contributed by atoms with Crippen molar-refractivity contribution in [3.8, 4) is 5.75 Å². The van der Waals surface area contributed by atoms with Crippen LogP contribution in [0.1, 0.15) is 11.1 Å². The number of nitrogens with zero attached hydrogens (tertiary/aromatic N) is 1. The number of nitro benzene ring substituents is 1. The molecule has 0 radical (unpaired) electrons. The minimum absolute atomic E-state index is 0.0254. The van der Waals surface area contributed by atoms with Gasteiger partial charge in [0.1, 0.15) is 0 Å². The molecule has 9 heteroatoms. The van der Waals surface area contributed by atoms with Crippen molar-refractivity contribution in [1.82, 2.24) is 0 Å². The molecule has 0 aliphatic carbocycles. The number of thioether (sulfide) groups is 1. The summed E-state index contributed by atoms with van der Waals surface area (Å²) in [5.74, 6) is -0.370. The zero-order valence-electron chi connectivity index (χ0n) is 15.5. The zero-order chi connectivity index (χ0) is 20.5. The van der Waals surface area contributed by atoms with Gasteiger partial charge < -0.3 is 14.8 Å². The predicted octanol–water partition coefficient (Wildman–Crippen LogP) is 3.33. The molecule has 0 fully saturated rings. The Morgan fingerprint density at radius 1 is 1.18 bits per heavy atom. The van der Waals surface area contributed by atoms with Crippen molar-refractivity contribution in [3.05, 3.63) is 63.7 Å².